The van der Waals surface area contributed by atoms with Crippen LogP contribution in [0.5, 0.6) is 0 Å². The first-order valence-electron chi connectivity index (χ1n) is 4.96. The molecule has 0 aliphatic heterocycles. The molecule has 0 amide bonds. The van der Waals surface area contributed by atoms with Gasteiger partial charge in [0.1, 0.15) is 11.5 Å². The Bertz CT molecular complexity index is 736. The predicted octanol–water partition coefficient (Wildman–Crippen LogP) is 2.32. The van der Waals surface area contributed by atoms with Gasteiger partial charge >= 0.3 is 5.97 Å². The van der Waals surface area contributed by atoms with Crippen LogP contribution in [-0.4, -0.2) is 25.6 Å². The SMILES string of the molecule is O=C(O)c1cn(-c2nccs2)c2ncc(F)cc12. The van der Waals surface area contributed by atoms with E-state index in [-0.39, 0.29) is 10.9 Å². The normalized spacial score (nSPS) is 10.9. The summed E-state index contributed by atoms with van der Waals surface area (Å²) in [5, 5.41) is 11.7. The maximum atomic E-state index is 13.2. The number of hydrogen-bond donors (Lipinski definition) is 1. The lowest BCUT2D eigenvalue weighted by Gasteiger charge is -1.98. The standard InChI is InChI=1S/C11H6FN3O2S/c12-6-3-7-8(10(16)17)5-15(9(7)14-4-6)11-13-1-2-18-11/h1-5H,(H,16,17). The molecule has 0 saturated heterocycles. The molecule has 0 aromatic carbocycles. The van der Waals surface area contributed by atoms with Crippen molar-refractivity contribution >= 4 is 28.3 Å². The van der Waals surface area contributed by atoms with Crippen molar-refractivity contribution in [1.29, 1.82) is 0 Å². The van der Waals surface area contributed by atoms with Gasteiger partial charge in [-0.2, -0.15) is 0 Å². The Balaban J connectivity index is 2.37. The summed E-state index contributed by atoms with van der Waals surface area (Å²) in [7, 11) is 0. The fourth-order valence-electron chi connectivity index (χ4n) is 1.73. The number of nitrogens with zero attached hydrogens (tertiary/aromatic N) is 3. The van der Waals surface area contributed by atoms with Crippen LogP contribution in [0.1, 0.15) is 10.4 Å². The molecule has 0 aliphatic carbocycles. The second kappa shape index (κ2) is 3.88. The summed E-state index contributed by atoms with van der Waals surface area (Å²) in [6.07, 6.45) is 4.06. The first-order valence-corrected chi connectivity index (χ1v) is 5.84. The van der Waals surface area contributed by atoms with E-state index in [1.807, 2.05) is 0 Å². The molecule has 3 aromatic heterocycles. The number of thiazole rings is 1. The minimum absolute atomic E-state index is 0.00667. The highest BCUT2D eigenvalue weighted by Gasteiger charge is 2.17. The maximum absolute atomic E-state index is 13.2. The first-order chi connectivity index (χ1) is 8.66. The van der Waals surface area contributed by atoms with Crippen LogP contribution in [-0.2, 0) is 0 Å². The largest absolute Gasteiger partial charge is 0.478 e. The molecule has 18 heavy (non-hydrogen) atoms. The molecule has 0 fully saturated rings. The third-order valence-electron chi connectivity index (χ3n) is 2.47. The minimum Gasteiger partial charge on any atom is -0.478 e. The Morgan fingerprint density at radius 1 is 1.44 bits per heavy atom. The topological polar surface area (TPSA) is 68.0 Å². The Labute approximate surface area is 104 Å². The quantitative estimate of drug-likeness (QED) is 0.770. The summed E-state index contributed by atoms with van der Waals surface area (Å²) < 4.78 is 14.7. The molecule has 3 aromatic rings. The van der Waals surface area contributed by atoms with E-state index in [2.05, 4.69) is 9.97 Å². The number of pyridine rings is 1. The zero-order valence-corrected chi connectivity index (χ0v) is 9.69. The van der Waals surface area contributed by atoms with Crippen LogP contribution < -0.4 is 0 Å². The van der Waals surface area contributed by atoms with E-state index in [0.29, 0.717) is 10.8 Å². The van der Waals surface area contributed by atoms with E-state index in [9.17, 15) is 9.18 Å². The number of aromatic carboxylic acids is 1. The zero-order chi connectivity index (χ0) is 12.7. The number of carbonyl (C=O) groups is 1. The summed E-state index contributed by atoms with van der Waals surface area (Å²) in [6, 6.07) is 1.16. The summed E-state index contributed by atoms with van der Waals surface area (Å²) in [4.78, 5) is 19.1. The highest BCUT2D eigenvalue weighted by atomic mass is 32.1. The van der Waals surface area contributed by atoms with Crippen LogP contribution in [0.15, 0.2) is 30.0 Å². The molecule has 7 heteroatoms. The van der Waals surface area contributed by atoms with Crippen LogP contribution in [0, 0.1) is 5.82 Å². The van der Waals surface area contributed by atoms with Crippen LogP contribution in [0.4, 0.5) is 4.39 Å². The average Bonchev–Trinajstić information content (AvgIpc) is 2.93. The smallest absolute Gasteiger partial charge is 0.337 e. The molecule has 90 valence electrons. The third-order valence-corrected chi connectivity index (χ3v) is 3.24. The van der Waals surface area contributed by atoms with Crippen LogP contribution in [0.2, 0.25) is 0 Å². The predicted molar refractivity (Wildman–Crippen MR) is 63.7 cm³/mol. The number of aromatic nitrogens is 3. The van der Waals surface area contributed by atoms with Crippen molar-refractivity contribution < 1.29 is 14.3 Å². The van der Waals surface area contributed by atoms with Gasteiger partial charge in [0.2, 0.25) is 0 Å². The van der Waals surface area contributed by atoms with E-state index < -0.39 is 11.8 Å². The van der Waals surface area contributed by atoms with Gasteiger partial charge in [-0.05, 0) is 6.07 Å². The monoisotopic (exact) mass is 263 g/mol. The lowest BCUT2D eigenvalue weighted by Crippen LogP contribution is -1.94. The van der Waals surface area contributed by atoms with Crippen molar-refractivity contribution in [2.24, 2.45) is 0 Å². The van der Waals surface area contributed by atoms with E-state index in [4.69, 9.17) is 5.11 Å². The molecule has 3 heterocycles. The van der Waals surface area contributed by atoms with Gasteiger partial charge < -0.3 is 5.11 Å². The Morgan fingerprint density at radius 2 is 2.28 bits per heavy atom. The van der Waals surface area contributed by atoms with E-state index in [0.717, 1.165) is 12.3 Å². The molecular formula is C11H6FN3O2S. The molecule has 5 nitrogen and oxygen atoms in total. The summed E-state index contributed by atoms with van der Waals surface area (Å²) >= 11 is 1.35. The van der Waals surface area contributed by atoms with Crippen LogP contribution in [0.25, 0.3) is 16.2 Å². The second-order valence-electron chi connectivity index (χ2n) is 3.56. The highest BCUT2D eigenvalue weighted by molar-refractivity contribution is 7.12. The molecule has 0 unspecified atom stereocenters. The number of hydrogen-bond acceptors (Lipinski definition) is 4. The summed E-state index contributed by atoms with van der Waals surface area (Å²) in [5.74, 6) is -1.69. The van der Waals surface area contributed by atoms with Crippen molar-refractivity contribution in [1.82, 2.24) is 14.5 Å². The first kappa shape index (κ1) is 10.8. The maximum Gasteiger partial charge on any atom is 0.337 e. The van der Waals surface area contributed by atoms with Gasteiger partial charge in [-0.3, -0.25) is 4.57 Å². The molecule has 0 bridgehead atoms. The van der Waals surface area contributed by atoms with E-state index in [1.54, 1.807) is 16.1 Å². The van der Waals surface area contributed by atoms with Gasteiger partial charge in [-0.1, -0.05) is 0 Å². The average molecular weight is 263 g/mol. The van der Waals surface area contributed by atoms with Gasteiger partial charge in [0.15, 0.2) is 5.13 Å². The fourth-order valence-corrected chi connectivity index (χ4v) is 2.35. The number of halogens is 1. The van der Waals surface area contributed by atoms with E-state index >= 15 is 0 Å². The number of carboxylic acids is 1. The van der Waals surface area contributed by atoms with Crippen molar-refractivity contribution in [3.05, 3.63) is 41.4 Å². The van der Waals surface area contributed by atoms with Crippen LogP contribution >= 0.6 is 11.3 Å². The number of fused-ring (bicyclic) bond motifs is 1. The third kappa shape index (κ3) is 1.56. The molecule has 0 saturated carbocycles. The van der Waals surface area contributed by atoms with Crippen molar-refractivity contribution in [2.75, 3.05) is 0 Å². The van der Waals surface area contributed by atoms with Crippen molar-refractivity contribution in [2.45, 2.75) is 0 Å². The molecule has 0 atom stereocenters. The Kier molecular flexibility index (Phi) is 2.34. The highest BCUT2D eigenvalue weighted by Crippen LogP contribution is 2.24. The van der Waals surface area contributed by atoms with Gasteiger partial charge in [0.05, 0.1) is 11.8 Å². The Morgan fingerprint density at radius 3 is 2.94 bits per heavy atom. The fraction of sp³-hybridized carbons (Fsp3) is 0. The lowest BCUT2D eigenvalue weighted by atomic mass is 10.2. The van der Waals surface area contributed by atoms with Gasteiger partial charge in [-0.15, -0.1) is 11.3 Å². The number of rotatable bonds is 2. The van der Waals surface area contributed by atoms with Crippen LogP contribution in [0.3, 0.4) is 0 Å². The van der Waals surface area contributed by atoms with Gasteiger partial charge in [0, 0.05) is 23.2 Å². The summed E-state index contributed by atoms with van der Waals surface area (Å²) in [5.41, 5.74) is 0.385. The minimum atomic E-state index is -1.12. The Hall–Kier alpha value is -2.28. The molecule has 1 N–H and O–H groups in total. The van der Waals surface area contributed by atoms with Gasteiger partial charge in [-0.25, -0.2) is 19.2 Å². The second-order valence-corrected chi connectivity index (χ2v) is 4.43. The molecule has 0 aliphatic rings. The van der Waals surface area contributed by atoms with Crippen molar-refractivity contribution in [3.63, 3.8) is 0 Å². The number of carboxylic acid groups (broad SMARTS) is 1. The molecule has 0 radical (unpaired) electrons. The van der Waals surface area contributed by atoms with Gasteiger partial charge in [0.25, 0.3) is 0 Å². The molecular weight excluding hydrogens is 257 g/mol. The van der Waals surface area contributed by atoms with Crippen molar-refractivity contribution in [3.8, 4) is 5.13 Å². The lowest BCUT2D eigenvalue weighted by molar-refractivity contribution is 0.0699. The molecule has 0 spiro atoms. The summed E-state index contributed by atoms with van der Waals surface area (Å²) in [6.45, 7) is 0. The zero-order valence-electron chi connectivity index (χ0n) is 8.87. The molecule has 3 rings (SSSR count). The van der Waals surface area contributed by atoms with E-state index in [1.165, 1.54) is 17.5 Å².